The molecule has 5 nitrogen and oxygen atoms in total. The van der Waals surface area contributed by atoms with Gasteiger partial charge >= 0.3 is 0 Å². The van der Waals surface area contributed by atoms with Crippen LogP contribution in [0, 0.1) is 10.1 Å². The van der Waals surface area contributed by atoms with Crippen LogP contribution in [0.15, 0.2) is 18.2 Å². The number of non-ortho nitro benzene ring substituents is 1. The predicted molar refractivity (Wildman–Crippen MR) is 80.5 cm³/mol. The van der Waals surface area contributed by atoms with Crippen LogP contribution in [0.4, 0.5) is 5.69 Å². The first-order valence-electron chi connectivity index (χ1n) is 6.37. The monoisotopic (exact) mass is 314 g/mol. The highest BCUT2D eigenvalue weighted by molar-refractivity contribution is 8.00. The quantitative estimate of drug-likeness (QED) is 0.635. The SMILES string of the molecule is CCC1CN(C(=O)c2cc([N+](=O)[O-])ccc2Cl)CCS1. The Labute approximate surface area is 126 Å². The van der Waals surface area contributed by atoms with E-state index in [-0.39, 0.29) is 22.2 Å². The molecule has 0 N–H and O–H groups in total. The van der Waals surface area contributed by atoms with E-state index in [4.69, 9.17) is 11.6 Å². The van der Waals surface area contributed by atoms with Crippen LogP contribution in [0.5, 0.6) is 0 Å². The Morgan fingerprint density at radius 1 is 1.60 bits per heavy atom. The fourth-order valence-electron chi connectivity index (χ4n) is 2.11. The molecule has 1 aliphatic heterocycles. The molecule has 1 unspecified atom stereocenters. The van der Waals surface area contributed by atoms with Gasteiger partial charge in [-0.25, -0.2) is 0 Å². The molecule has 1 atom stereocenters. The molecule has 1 amide bonds. The molecule has 0 spiro atoms. The van der Waals surface area contributed by atoms with E-state index in [9.17, 15) is 14.9 Å². The highest BCUT2D eigenvalue weighted by atomic mass is 35.5. The second-order valence-corrected chi connectivity index (χ2v) is 6.39. The summed E-state index contributed by atoms with van der Waals surface area (Å²) >= 11 is 7.87. The van der Waals surface area contributed by atoms with Crippen LogP contribution in [0.3, 0.4) is 0 Å². The number of amides is 1. The minimum atomic E-state index is -0.520. The highest BCUT2D eigenvalue weighted by Crippen LogP contribution is 2.26. The summed E-state index contributed by atoms with van der Waals surface area (Å²) in [4.78, 5) is 24.5. The molecule has 7 heteroatoms. The molecule has 1 fully saturated rings. The zero-order valence-corrected chi connectivity index (χ0v) is 12.6. The molecule has 0 radical (unpaired) electrons. The second kappa shape index (κ2) is 6.45. The number of halogens is 1. The zero-order valence-electron chi connectivity index (χ0n) is 11.0. The van der Waals surface area contributed by atoms with E-state index in [1.54, 1.807) is 4.90 Å². The first-order valence-corrected chi connectivity index (χ1v) is 7.80. The van der Waals surface area contributed by atoms with Crippen LogP contribution in [-0.2, 0) is 0 Å². The smallest absolute Gasteiger partial charge is 0.270 e. The first kappa shape index (κ1) is 15.1. The van der Waals surface area contributed by atoms with Crippen LogP contribution in [-0.4, -0.2) is 39.8 Å². The van der Waals surface area contributed by atoms with Crippen molar-refractivity contribution in [2.75, 3.05) is 18.8 Å². The summed E-state index contributed by atoms with van der Waals surface area (Å²) < 4.78 is 0. The maximum absolute atomic E-state index is 12.5. The maximum Gasteiger partial charge on any atom is 0.270 e. The Morgan fingerprint density at radius 3 is 3.00 bits per heavy atom. The van der Waals surface area contributed by atoms with Crippen molar-refractivity contribution in [3.05, 3.63) is 38.9 Å². The van der Waals surface area contributed by atoms with Gasteiger partial charge < -0.3 is 4.90 Å². The molecule has 1 aromatic carbocycles. The number of rotatable bonds is 3. The third kappa shape index (κ3) is 3.24. The average molecular weight is 315 g/mol. The van der Waals surface area contributed by atoms with Gasteiger partial charge in [-0.15, -0.1) is 0 Å². The number of nitro groups is 1. The van der Waals surface area contributed by atoms with Crippen LogP contribution in [0.2, 0.25) is 5.02 Å². The van der Waals surface area contributed by atoms with Crippen molar-refractivity contribution in [3.63, 3.8) is 0 Å². The van der Waals surface area contributed by atoms with E-state index in [2.05, 4.69) is 6.92 Å². The Kier molecular flexibility index (Phi) is 4.88. The number of hydrogen-bond donors (Lipinski definition) is 0. The minimum Gasteiger partial charge on any atom is -0.337 e. The molecule has 0 saturated carbocycles. The number of hydrogen-bond acceptors (Lipinski definition) is 4. The molecule has 0 aliphatic carbocycles. The zero-order chi connectivity index (χ0) is 14.7. The molecular formula is C13H15ClN2O3S. The summed E-state index contributed by atoms with van der Waals surface area (Å²) in [6.45, 7) is 3.41. The second-order valence-electron chi connectivity index (χ2n) is 4.57. The summed E-state index contributed by atoms with van der Waals surface area (Å²) in [5.41, 5.74) is 0.0961. The molecule has 0 aromatic heterocycles. The van der Waals surface area contributed by atoms with Gasteiger partial charge in [-0.05, 0) is 12.5 Å². The van der Waals surface area contributed by atoms with Crippen molar-refractivity contribution in [1.82, 2.24) is 4.90 Å². The van der Waals surface area contributed by atoms with Gasteiger partial charge in [-0.2, -0.15) is 11.8 Å². The normalized spacial score (nSPS) is 18.9. The molecule has 2 rings (SSSR count). The van der Waals surface area contributed by atoms with Crippen molar-refractivity contribution in [3.8, 4) is 0 Å². The van der Waals surface area contributed by atoms with Crippen LogP contribution in [0.1, 0.15) is 23.7 Å². The van der Waals surface area contributed by atoms with Gasteiger partial charge in [-0.1, -0.05) is 18.5 Å². The van der Waals surface area contributed by atoms with Crippen molar-refractivity contribution in [2.45, 2.75) is 18.6 Å². The van der Waals surface area contributed by atoms with Gasteiger partial charge in [0.2, 0.25) is 0 Å². The Hall–Kier alpha value is -1.27. The Bertz CT molecular complexity index is 538. The number of benzene rings is 1. The maximum atomic E-state index is 12.5. The van der Waals surface area contributed by atoms with Gasteiger partial charge in [0.1, 0.15) is 0 Å². The van der Waals surface area contributed by atoms with E-state index < -0.39 is 4.92 Å². The molecule has 1 aromatic rings. The summed E-state index contributed by atoms with van der Waals surface area (Å²) in [6.07, 6.45) is 0.997. The lowest BCUT2D eigenvalue weighted by atomic mass is 10.1. The molecular weight excluding hydrogens is 300 g/mol. The Morgan fingerprint density at radius 2 is 2.35 bits per heavy atom. The lowest BCUT2D eigenvalue weighted by molar-refractivity contribution is -0.384. The average Bonchev–Trinajstić information content (AvgIpc) is 2.46. The number of nitrogens with zero attached hydrogens (tertiary/aromatic N) is 2. The number of thioether (sulfide) groups is 1. The van der Waals surface area contributed by atoms with E-state index in [0.717, 1.165) is 12.2 Å². The minimum absolute atomic E-state index is 0.115. The summed E-state index contributed by atoms with van der Waals surface area (Å²) in [7, 11) is 0. The molecule has 1 saturated heterocycles. The Balaban J connectivity index is 2.24. The largest absolute Gasteiger partial charge is 0.337 e. The van der Waals surface area contributed by atoms with Crippen LogP contribution >= 0.6 is 23.4 Å². The van der Waals surface area contributed by atoms with Crippen LogP contribution in [0.25, 0.3) is 0 Å². The lowest BCUT2D eigenvalue weighted by Crippen LogP contribution is -2.41. The van der Waals surface area contributed by atoms with Crippen molar-refractivity contribution < 1.29 is 9.72 Å². The van der Waals surface area contributed by atoms with Crippen LogP contribution < -0.4 is 0 Å². The van der Waals surface area contributed by atoms with Crippen molar-refractivity contribution in [1.29, 1.82) is 0 Å². The first-order chi connectivity index (χ1) is 9.52. The predicted octanol–water partition coefficient (Wildman–Crippen LogP) is 3.22. The van der Waals surface area contributed by atoms with Gasteiger partial charge in [0.25, 0.3) is 11.6 Å². The fraction of sp³-hybridized carbons (Fsp3) is 0.462. The summed E-state index contributed by atoms with van der Waals surface area (Å²) in [5.74, 6) is 0.661. The van der Waals surface area contributed by atoms with Gasteiger partial charge in [0.15, 0.2) is 0 Å². The summed E-state index contributed by atoms with van der Waals surface area (Å²) in [6, 6.07) is 3.97. The van der Waals surface area contributed by atoms with E-state index in [1.807, 2.05) is 11.8 Å². The topological polar surface area (TPSA) is 63.5 Å². The highest BCUT2D eigenvalue weighted by Gasteiger charge is 2.26. The van der Waals surface area contributed by atoms with Gasteiger partial charge in [0.05, 0.1) is 15.5 Å². The standard InChI is InChI=1S/C13H15ClN2O3S/c1-2-10-8-15(5-6-20-10)13(17)11-7-9(16(18)19)3-4-12(11)14/h3-4,7,10H,2,5-6,8H2,1H3. The van der Waals surface area contributed by atoms with Crippen molar-refractivity contribution >= 4 is 35.0 Å². The number of nitro benzene ring substituents is 1. The lowest BCUT2D eigenvalue weighted by Gasteiger charge is -2.32. The fourth-order valence-corrected chi connectivity index (χ4v) is 3.49. The molecule has 1 heterocycles. The van der Waals surface area contributed by atoms with E-state index in [1.165, 1.54) is 18.2 Å². The molecule has 0 bridgehead atoms. The number of carbonyl (C=O) groups excluding carboxylic acids is 1. The third-order valence-corrected chi connectivity index (χ3v) is 4.97. The van der Waals surface area contributed by atoms with E-state index in [0.29, 0.717) is 18.3 Å². The van der Waals surface area contributed by atoms with Gasteiger partial charge in [-0.3, -0.25) is 14.9 Å². The summed E-state index contributed by atoms with van der Waals surface area (Å²) in [5, 5.41) is 11.5. The molecule has 108 valence electrons. The van der Waals surface area contributed by atoms with Crippen molar-refractivity contribution in [2.24, 2.45) is 0 Å². The van der Waals surface area contributed by atoms with Gasteiger partial charge in [0, 0.05) is 36.2 Å². The molecule has 20 heavy (non-hydrogen) atoms. The van der Waals surface area contributed by atoms with E-state index >= 15 is 0 Å². The number of carbonyl (C=O) groups is 1. The third-order valence-electron chi connectivity index (χ3n) is 3.27. The molecule has 1 aliphatic rings.